The highest BCUT2D eigenvalue weighted by Crippen LogP contribution is 2.32. The Balaban J connectivity index is 1.72. The molecule has 1 saturated heterocycles. The first kappa shape index (κ1) is 16.9. The number of aliphatic hydroxyl groups excluding tert-OH is 1. The third-order valence-electron chi connectivity index (χ3n) is 4.29. The fraction of sp³-hybridized carbons (Fsp3) is 0.444. The van der Waals surface area contributed by atoms with Crippen LogP contribution in [0.1, 0.15) is 31.9 Å². The van der Waals surface area contributed by atoms with Crippen molar-refractivity contribution in [3.05, 3.63) is 36.0 Å². The van der Waals surface area contributed by atoms with E-state index >= 15 is 0 Å². The predicted molar refractivity (Wildman–Crippen MR) is 97.3 cm³/mol. The Bertz CT molecular complexity index is 700. The summed E-state index contributed by atoms with van der Waals surface area (Å²) in [6, 6.07) is 10.00. The van der Waals surface area contributed by atoms with Gasteiger partial charge in [-0.25, -0.2) is 9.78 Å². The molecule has 1 aromatic carbocycles. The molecule has 0 bridgehead atoms. The number of carbonyl (C=O) groups is 1. The van der Waals surface area contributed by atoms with Gasteiger partial charge in [-0.1, -0.05) is 41.7 Å². The first-order valence-electron chi connectivity index (χ1n) is 8.33. The second kappa shape index (κ2) is 7.32. The number of hydrogen-bond acceptors (Lipinski definition) is 4. The van der Waals surface area contributed by atoms with Gasteiger partial charge in [0.25, 0.3) is 0 Å². The number of nitrogens with one attached hydrogen (secondary N) is 1. The number of aryl methyl sites for hydroxylation is 1. The van der Waals surface area contributed by atoms with Crippen LogP contribution in [-0.2, 0) is 0 Å². The lowest BCUT2D eigenvalue weighted by molar-refractivity contribution is 0.142. The number of benzene rings is 1. The van der Waals surface area contributed by atoms with Crippen LogP contribution in [0, 0.1) is 6.92 Å². The van der Waals surface area contributed by atoms with Gasteiger partial charge in [0.1, 0.15) is 10.0 Å². The number of likely N-dealkylation sites (tertiary alicyclic amines) is 1. The number of urea groups is 1. The van der Waals surface area contributed by atoms with E-state index in [1.165, 1.54) is 11.3 Å². The van der Waals surface area contributed by atoms with Crippen LogP contribution in [0.3, 0.4) is 0 Å². The Hall–Kier alpha value is -1.92. The lowest BCUT2D eigenvalue weighted by Crippen LogP contribution is -2.40. The standard InChI is InChI=1S/C18H23N3O2S/c1-12(22)11-15-9-6-10-21(15)18(23)20-16-13(2)19-17(24-16)14-7-4-3-5-8-14/h3-5,7-8,12,15,22H,6,9-11H2,1-2H3,(H,20,23)/t12-,15-/m1/s1. The Kier molecular flexibility index (Phi) is 5.16. The third-order valence-corrected chi connectivity index (χ3v) is 5.41. The minimum absolute atomic E-state index is 0.0930. The van der Waals surface area contributed by atoms with Gasteiger partial charge in [-0.2, -0.15) is 0 Å². The van der Waals surface area contributed by atoms with E-state index in [4.69, 9.17) is 0 Å². The fourth-order valence-corrected chi connectivity index (χ4v) is 4.09. The summed E-state index contributed by atoms with van der Waals surface area (Å²) in [4.78, 5) is 19.0. The van der Waals surface area contributed by atoms with Crippen molar-refractivity contribution in [2.24, 2.45) is 0 Å². The van der Waals surface area contributed by atoms with Crippen LogP contribution in [0.2, 0.25) is 0 Å². The molecule has 24 heavy (non-hydrogen) atoms. The van der Waals surface area contributed by atoms with Crippen LogP contribution >= 0.6 is 11.3 Å². The summed E-state index contributed by atoms with van der Waals surface area (Å²) in [5.41, 5.74) is 1.89. The number of nitrogens with zero attached hydrogens (tertiary/aromatic N) is 2. The molecule has 1 fully saturated rings. The highest BCUT2D eigenvalue weighted by Gasteiger charge is 2.30. The van der Waals surface area contributed by atoms with Crippen LogP contribution in [0.25, 0.3) is 10.6 Å². The molecule has 1 aliphatic heterocycles. The average Bonchev–Trinajstić information content (AvgIpc) is 3.15. The van der Waals surface area contributed by atoms with Gasteiger partial charge in [0.15, 0.2) is 0 Å². The van der Waals surface area contributed by atoms with Crippen LogP contribution in [0.5, 0.6) is 0 Å². The number of aliphatic hydroxyl groups is 1. The second-order valence-electron chi connectivity index (χ2n) is 6.30. The first-order chi connectivity index (χ1) is 11.5. The molecular formula is C18H23N3O2S. The lowest BCUT2D eigenvalue weighted by Gasteiger charge is -2.25. The van der Waals surface area contributed by atoms with Gasteiger partial charge in [-0.15, -0.1) is 0 Å². The maximum Gasteiger partial charge on any atom is 0.322 e. The van der Waals surface area contributed by atoms with Gasteiger partial charge in [0.05, 0.1) is 11.8 Å². The quantitative estimate of drug-likeness (QED) is 0.883. The summed E-state index contributed by atoms with van der Waals surface area (Å²) in [7, 11) is 0. The van der Waals surface area contributed by atoms with Crippen molar-refractivity contribution < 1.29 is 9.90 Å². The number of anilines is 1. The lowest BCUT2D eigenvalue weighted by atomic mass is 10.1. The summed E-state index contributed by atoms with van der Waals surface area (Å²) in [6.07, 6.45) is 2.18. The fourth-order valence-electron chi connectivity index (χ4n) is 3.13. The summed E-state index contributed by atoms with van der Waals surface area (Å²) in [6.45, 7) is 4.43. The molecule has 6 heteroatoms. The molecule has 2 amide bonds. The van der Waals surface area contributed by atoms with Crippen molar-refractivity contribution in [3.8, 4) is 10.6 Å². The second-order valence-corrected chi connectivity index (χ2v) is 7.30. The Morgan fingerprint density at radius 3 is 2.92 bits per heavy atom. The van der Waals surface area contributed by atoms with Crippen molar-refractivity contribution in [1.29, 1.82) is 0 Å². The van der Waals surface area contributed by atoms with Crippen LogP contribution in [0.4, 0.5) is 9.80 Å². The Labute approximate surface area is 146 Å². The maximum absolute atomic E-state index is 12.6. The highest BCUT2D eigenvalue weighted by molar-refractivity contribution is 7.19. The molecule has 0 spiro atoms. The van der Waals surface area contributed by atoms with Gasteiger partial charge in [-0.3, -0.25) is 5.32 Å². The summed E-state index contributed by atoms with van der Waals surface area (Å²) in [5, 5.41) is 14.3. The van der Waals surface area contributed by atoms with E-state index < -0.39 is 6.10 Å². The molecule has 0 aliphatic carbocycles. The van der Waals surface area contributed by atoms with Crippen molar-refractivity contribution in [2.75, 3.05) is 11.9 Å². The Morgan fingerprint density at radius 2 is 2.21 bits per heavy atom. The van der Waals surface area contributed by atoms with E-state index in [0.29, 0.717) is 6.42 Å². The van der Waals surface area contributed by atoms with Crippen LogP contribution in [0.15, 0.2) is 30.3 Å². The normalized spacial score (nSPS) is 18.6. The third kappa shape index (κ3) is 3.76. The van der Waals surface area contributed by atoms with Crippen molar-refractivity contribution >= 4 is 22.4 Å². The van der Waals surface area contributed by atoms with Crippen molar-refractivity contribution in [3.63, 3.8) is 0 Å². The van der Waals surface area contributed by atoms with Crippen LogP contribution in [-0.4, -0.2) is 39.7 Å². The van der Waals surface area contributed by atoms with Gasteiger partial charge >= 0.3 is 6.03 Å². The SMILES string of the molecule is Cc1nc(-c2ccccc2)sc1NC(=O)N1CCC[C@@H]1C[C@@H](C)O. The molecule has 0 saturated carbocycles. The van der Waals surface area contributed by atoms with E-state index in [9.17, 15) is 9.90 Å². The molecule has 2 atom stereocenters. The van der Waals surface area contributed by atoms with E-state index in [1.54, 1.807) is 6.92 Å². The molecule has 3 rings (SSSR count). The van der Waals surface area contributed by atoms with Crippen LogP contribution < -0.4 is 5.32 Å². The molecule has 0 radical (unpaired) electrons. The molecule has 2 N–H and O–H groups in total. The smallest absolute Gasteiger partial charge is 0.322 e. The van der Waals surface area contributed by atoms with E-state index in [1.807, 2.05) is 42.2 Å². The molecule has 0 unspecified atom stereocenters. The van der Waals surface area contributed by atoms with Gasteiger partial charge in [-0.05, 0) is 33.1 Å². The number of aromatic nitrogens is 1. The largest absolute Gasteiger partial charge is 0.393 e. The highest BCUT2D eigenvalue weighted by atomic mass is 32.1. The van der Waals surface area contributed by atoms with Gasteiger partial charge in [0.2, 0.25) is 0 Å². The Morgan fingerprint density at radius 1 is 1.46 bits per heavy atom. The summed E-state index contributed by atoms with van der Waals surface area (Å²) >= 11 is 1.50. The maximum atomic E-state index is 12.6. The summed E-state index contributed by atoms with van der Waals surface area (Å²) < 4.78 is 0. The molecule has 2 heterocycles. The summed E-state index contributed by atoms with van der Waals surface area (Å²) in [5.74, 6) is 0. The van der Waals surface area contributed by atoms with Gasteiger partial charge in [0, 0.05) is 18.2 Å². The number of carbonyl (C=O) groups excluding carboxylic acids is 1. The number of rotatable bonds is 4. The molecule has 2 aromatic rings. The zero-order valence-electron chi connectivity index (χ0n) is 14.0. The number of thiazole rings is 1. The molecule has 1 aliphatic rings. The minimum atomic E-state index is -0.391. The average molecular weight is 345 g/mol. The number of amides is 2. The zero-order chi connectivity index (χ0) is 17.1. The molecule has 128 valence electrons. The van der Waals surface area contributed by atoms with E-state index in [-0.39, 0.29) is 12.1 Å². The predicted octanol–water partition coefficient (Wildman–Crippen LogP) is 3.89. The monoisotopic (exact) mass is 345 g/mol. The molecule has 5 nitrogen and oxygen atoms in total. The van der Waals surface area contributed by atoms with Gasteiger partial charge < -0.3 is 10.0 Å². The number of hydrogen-bond donors (Lipinski definition) is 2. The minimum Gasteiger partial charge on any atom is -0.393 e. The van der Waals surface area contributed by atoms with E-state index in [0.717, 1.165) is 40.7 Å². The van der Waals surface area contributed by atoms with Crippen molar-refractivity contribution in [1.82, 2.24) is 9.88 Å². The first-order valence-corrected chi connectivity index (χ1v) is 9.15. The van der Waals surface area contributed by atoms with E-state index in [2.05, 4.69) is 10.3 Å². The van der Waals surface area contributed by atoms with Crippen molar-refractivity contribution in [2.45, 2.75) is 45.3 Å². The topological polar surface area (TPSA) is 65.5 Å². The molecular weight excluding hydrogens is 322 g/mol. The molecule has 1 aromatic heterocycles. The zero-order valence-corrected chi connectivity index (χ0v) is 14.8.